The van der Waals surface area contributed by atoms with Gasteiger partial charge in [0.15, 0.2) is 0 Å². The van der Waals surface area contributed by atoms with E-state index in [1.807, 2.05) is 49.4 Å². The number of carbonyl (C=O) groups excluding carboxylic acids is 1. The summed E-state index contributed by atoms with van der Waals surface area (Å²) in [4.78, 5) is 43.5. The van der Waals surface area contributed by atoms with Crippen LogP contribution in [0.1, 0.15) is 27.3 Å². The Morgan fingerprint density at radius 2 is 1.82 bits per heavy atom. The lowest BCUT2D eigenvalue weighted by atomic mass is 10.1. The van der Waals surface area contributed by atoms with Crippen LogP contribution < -0.4 is 16.6 Å². The van der Waals surface area contributed by atoms with Crippen LogP contribution in [0.2, 0.25) is 5.02 Å². The maximum Gasteiger partial charge on any atom is 0.352 e. The van der Waals surface area contributed by atoms with E-state index in [0.29, 0.717) is 17.1 Å². The van der Waals surface area contributed by atoms with Crippen LogP contribution in [-0.2, 0) is 13.0 Å². The summed E-state index contributed by atoms with van der Waals surface area (Å²) in [5.41, 5.74) is 1.13. The van der Waals surface area contributed by atoms with Crippen molar-refractivity contribution in [2.45, 2.75) is 19.9 Å². The number of nitrogens with one attached hydrogen (secondary N) is 1. The molecule has 9 heteroatoms. The predicted molar refractivity (Wildman–Crippen MR) is 130 cm³/mol. The zero-order valence-electron chi connectivity index (χ0n) is 18.4. The van der Waals surface area contributed by atoms with Crippen LogP contribution in [0.15, 0.2) is 82.5 Å². The van der Waals surface area contributed by atoms with E-state index in [2.05, 4.69) is 15.4 Å². The van der Waals surface area contributed by atoms with Crippen molar-refractivity contribution in [1.29, 1.82) is 0 Å². The molecular weight excluding hydrogens is 454 g/mol. The van der Waals surface area contributed by atoms with Gasteiger partial charge in [0.05, 0.1) is 12.2 Å². The summed E-state index contributed by atoms with van der Waals surface area (Å²) in [5.74, 6) is -0.672. The number of rotatable bonds is 7. The molecule has 4 rings (SSSR count). The zero-order chi connectivity index (χ0) is 24.1. The quantitative estimate of drug-likeness (QED) is 0.443. The van der Waals surface area contributed by atoms with Crippen LogP contribution in [0.3, 0.4) is 0 Å². The molecule has 0 spiro atoms. The van der Waals surface area contributed by atoms with Crippen LogP contribution >= 0.6 is 11.6 Å². The second kappa shape index (κ2) is 10.3. The smallest absolute Gasteiger partial charge is 0.350 e. The Morgan fingerprint density at radius 3 is 2.53 bits per heavy atom. The Morgan fingerprint density at radius 1 is 1.03 bits per heavy atom. The minimum Gasteiger partial charge on any atom is -0.350 e. The highest BCUT2D eigenvalue weighted by Gasteiger charge is 2.20. The van der Waals surface area contributed by atoms with Gasteiger partial charge in [-0.1, -0.05) is 53.6 Å². The van der Waals surface area contributed by atoms with Crippen LogP contribution in [0.4, 0.5) is 0 Å². The molecule has 0 bridgehead atoms. The molecule has 2 heterocycles. The SMILES string of the molecule is Cc1ccc(Cn2c(=O)c(C(=O)NCCc3ccccn3)nn(-c3cccc(Cl)c3)c2=O)cc1. The van der Waals surface area contributed by atoms with E-state index in [9.17, 15) is 14.4 Å². The van der Waals surface area contributed by atoms with Gasteiger partial charge < -0.3 is 5.32 Å². The lowest BCUT2D eigenvalue weighted by Crippen LogP contribution is -2.46. The highest BCUT2D eigenvalue weighted by atomic mass is 35.5. The van der Waals surface area contributed by atoms with Crippen molar-refractivity contribution in [3.63, 3.8) is 0 Å². The predicted octanol–water partition coefficient (Wildman–Crippen LogP) is 2.77. The summed E-state index contributed by atoms with van der Waals surface area (Å²) in [6.07, 6.45) is 2.15. The van der Waals surface area contributed by atoms with Gasteiger partial charge in [0.1, 0.15) is 0 Å². The van der Waals surface area contributed by atoms with E-state index in [4.69, 9.17) is 11.6 Å². The van der Waals surface area contributed by atoms with Crippen molar-refractivity contribution in [2.75, 3.05) is 6.54 Å². The average molecular weight is 476 g/mol. The summed E-state index contributed by atoms with van der Waals surface area (Å²) in [6.45, 7) is 2.20. The number of amides is 1. The second-order valence-corrected chi connectivity index (χ2v) is 8.16. The first-order chi connectivity index (χ1) is 16.4. The molecule has 0 fully saturated rings. The minimum absolute atomic E-state index is 0.00471. The van der Waals surface area contributed by atoms with E-state index in [1.165, 1.54) is 0 Å². The standard InChI is InChI=1S/C25H22ClN5O3/c1-17-8-10-18(11-9-17)16-30-24(33)22(23(32)28-14-12-20-6-2-3-13-27-20)29-31(25(30)34)21-7-4-5-19(26)15-21/h2-11,13,15H,12,14,16H2,1H3,(H,28,32). The van der Waals surface area contributed by atoms with Crippen molar-refractivity contribution in [2.24, 2.45) is 0 Å². The average Bonchev–Trinajstić information content (AvgIpc) is 2.83. The minimum atomic E-state index is -0.765. The van der Waals surface area contributed by atoms with Crippen molar-refractivity contribution in [3.8, 4) is 5.69 Å². The Bertz CT molecular complexity index is 1430. The molecule has 4 aromatic rings. The molecular formula is C25H22ClN5O3. The van der Waals surface area contributed by atoms with Crippen molar-refractivity contribution in [1.82, 2.24) is 24.6 Å². The van der Waals surface area contributed by atoms with Crippen LogP contribution in [0.5, 0.6) is 0 Å². The van der Waals surface area contributed by atoms with Gasteiger partial charge in [-0.05, 0) is 42.8 Å². The molecule has 172 valence electrons. The molecule has 1 amide bonds. The lowest BCUT2D eigenvalue weighted by Gasteiger charge is -2.13. The third kappa shape index (κ3) is 5.29. The van der Waals surface area contributed by atoms with Gasteiger partial charge in [0, 0.05) is 29.9 Å². The number of hydrogen-bond acceptors (Lipinski definition) is 5. The van der Waals surface area contributed by atoms with Crippen LogP contribution in [0.25, 0.3) is 5.69 Å². The number of pyridine rings is 1. The first-order valence-electron chi connectivity index (χ1n) is 10.7. The summed E-state index contributed by atoms with van der Waals surface area (Å²) < 4.78 is 2.03. The fourth-order valence-electron chi connectivity index (χ4n) is 3.38. The number of nitrogens with zero attached hydrogens (tertiary/aromatic N) is 4. The highest BCUT2D eigenvalue weighted by Crippen LogP contribution is 2.12. The Labute approximate surface area is 200 Å². The second-order valence-electron chi connectivity index (χ2n) is 7.73. The van der Waals surface area contributed by atoms with Crippen LogP contribution in [-0.4, -0.2) is 31.8 Å². The van der Waals surface area contributed by atoms with E-state index >= 15 is 0 Å². The Kier molecular flexibility index (Phi) is 6.98. The lowest BCUT2D eigenvalue weighted by molar-refractivity contribution is 0.0944. The van der Waals surface area contributed by atoms with E-state index in [1.54, 1.807) is 30.5 Å². The Hall–Kier alpha value is -4.04. The fraction of sp³-hybridized carbons (Fsp3) is 0.160. The monoisotopic (exact) mass is 475 g/mol. The van der Waals surface area contributed by atoms with Gasteiger partial charge in [0.2, 0.25) is 5.69 Å². The molecule has 0 saturated heterocycles. The normalized spacial score (nSPS) is 10.8. The maximum atomic E-state index is 13.2. The largest absolute Gasteiger partial charge is 0.352 e. The molecule has 0 aliphatic rings. The Balaban J connectivity index is 1.71. The van der Waals surface area contributed by atoms with E-state index in [0.717, 1.165) is 26.1 Å². The number of halogens is 1. The molecule has 0 unspecified atom stereocenters. The zero-order valence-corrected chi connectivity index (χ0v) is 19.2. The number of aryl methyl sites for hydroxylation is 1. The molecule has 0 atom stereocenters. The van der Waals surface area contributed by atoms with Gasteiger partial charge in [-0.25, -0.2) is 4.79 Å². The first-order valence-corrected chi connectivity index (χ1v) is 11.0. The molecule has 34 heavy (non-hydrogen) atoms. The van der Waals surface area contributed by atoms with Crippen molar-refractivity contribution in [3.05, 3.63) is 121 Å². The number of aromatic nitrogens is 4. The van der Waals surface area contributed by atoms with E-state index < -0.39 is 17.2 Å². The van der Waals surface area contributed by atoms with Crippen molar-refractivity contribution < 1.29 is 4.79 Å². The maximum absolute atomic E-state index is 13.2. The molecule has 0 aliphatic heterocycles. The summed E-state index contributed by atoms with van der Waals surface area (Å²) in [6, 6.07) is 19.4. The molecule has 1 N–H and O–H groups in total. The molecule has 0 saturated carbocycles. The van der Waals surface area contributed by atoms with Gasteiger partial charge in [-0.3, -0.25) is 19.1 Å². The fourth-order valence-corrected chi connectivity index (χ4v) is 3.57. The topological polar surface area (TPSA) is 98.9 Å². The third-order valence-corrected chi connectivity index (χ3v) is 5.42. The number of carbonyl (C=O) groups is 1. The first kappa shape index (κ1) is 23.1. The molecule has 8 nitrogen and oxygen atoms in total. The van der Waals surface area contributed by atoms with Gasteiger partial charge in [-0.15, -0.1) is 0 Å². The summed E-state index contributed by atoms with van der Waals surface area (Å²) in [7, 11) is 0. The van der Waals surface area contributed by atoms with Crippen LogP contribution in [0, 0.1) is 6.92 Å². The highest BCUT2D eigenvalue weighted by molar-refractivity contribution is 6.30. The third-order valence-electron chi connectivity index (χ3n) is 5.18. The van der Waals surface area contributed by atoms with Gasteiger partial charge >= 0.3 is 5.69 Å². The molecule has 0 aliphatic carbocycles. The summed E-state index contributed by atoms with van der Waals surface area (Å²) >= 11 is 6.09. The molecule has 2 aromatic carbocycles. The van der Waals surface area contributed by atoms with Gasteiger partial charge in [0.25, 0.3) is 11.5 Å². The van der Waals surface area contributed by atoms with Gasteiger partial charge in [-0.2, -0.15) is 9.78 Å². The van der Waals surface area contributed by atoms with E-state index in [-0.39, 0.29) is 18.8 Å². The number of benzene rings is 2. The summed E-state index contributed by atoms with van der Waals surface area (Å²) in [5, 5.41) is 7.20. The molecule has 2 aromatic heterocycles. The number of hydrogen-bond donors (Lipinski definition) is 1. The van der Waals surface area contributed by atoms with Crippen molar-refractivity contribution >= 4 is 17.5 Å². The molecule has 0 radical (unpaired) electrons.